The molecule has 8 heteroatoms. The molecule has 0 saturated heterocycles. The Morgan fingerprint density at radius 2 is 2.12 bits per heavy atom. The Bertz CT molecular complexity index is 827. The Kier molecular flexibility index (Phi) is 3.71. The number of rotatable bonds is 4. The summed E-state index contributed by atoms with van der Waals surface area (Å²) in [6.45, 7) is 3.90. The summed E-state index contributed by atoms with van der Waals surface area (Å²) in [5.41, 5.74) is 6.21. The quantitative estimate of drug-likeness (QED) is 0.663. The van der Waals surface area contributed by atoms with Gasteiger partial charge in [0, 0.05) is 17.7 Å². The fraction of sp³-hybridized carbons (Fsp3) is 0.438. The Morgan fingerprint density at radius 1 is 1.42 bits per heavy atom. The molecule has 2 heterocycles. The Balaban J connectivity index is 2.11. The number of carbonyl (C=O) groups excluding carboxylic acids is 1. The van der Waals surface area contributed by atoms with Gasteiger partial charge in [0.15, 0.2) is 0 Å². The van der Waals surface area contributed by atoms with Gasteiger partial charge in [-0.3, -0.25) is 4.79 Å². The zero-order valence-electron chi connectivity index (χ0n) is 13.5. The number of carbonyl (C=O) groups is 2. The average Bonchev–Trinajstić information content (AvgIpc) is 3.04. The molecule has 1 amide bonds. The van der Waals surface area contributed by atoms with Gasteiger partial charge < -0.3 is 21.3 Å². The van der Waals surface area contributed by atoms with E-state index in [2.05, 4.69) is 10.4 Å². The van der Waals surface area contributed by atoms with Crippen LogP contribution in [0.2, 0.25) is 0 Å². The fourth-order valence-electron chi connectivity index (χ4n) is 3.25. The number of hydrogen-bond acceptors (Lipinski definition) is 5. The van der Waals surface area contributed by atoms with Crippen LogP contribution in [0.3, 0.4) is 0 Å². The summed E-state index contributed by atoms with van der Waals surface area (Å²) in [4.78, 5) is 23.0. The minimum atomic E-state index is -1.08. The molecule has 1 fully saturated rings. The van der Waals surface area contributed by atoms with Gasteiger partial charge in [-0.2, -0.15) is 5.10 Å². The van der Waals surface area contributed by atoms with Crippen LogP contribution in [-0.2, 0) is 0 Å². The number of hydrogen-bond donors (Lipinski definition) is 4. The average molecular weight is 332 g/mol. The lowest BCUT2D eigenvalue weighted by molar-refractivity contribution is 0.0696. The molecule has 2 aromatic heterocycles. The number of carboxylic acid groups (broad SMARTS) is 1. The fourth-order valence-corrected chi connectivity index (χ4v) is 3.25. The van der Waals surface area contributed by atoms with E-state index in [0.29, 0.717) is 17.6 Å². The van der Waals surface area contributed by atoms with Crippen molar-refractivity contribution in [1.29, 1.82) is 0 Å². The van der Waals surface area contributed by atoms with E-state index in [0.717, 1.165) is 6.42 Å². The summed E-state index contributed by atoms with van der Waals surface area (Å²) in [6.07, 6.45) is 3.63. The number of primary amides is 1. The topological polar surface area (TPSA) is 130 Å². The number of aliphatic hydroxyl groups excluding tert-OH is 1. The van der Waals surface area contributed by atoms with Crippen LogP contribution in [0.25, 0.3) is 5.52 Å². The highest BCUT2D eigenvalue weighted by atomic mass is 16.4. The second-order valence-electron chi connectivity index (χ2n) is 6.77. The second kappa shape index (κ2) is 5.48. The number of aliphatic hydroxyl groups is 1. The van der Waals surface area contributed by atoms with Crippen LogP contribution in [0.1, 0.15) is 47.4 Å². The van der Waals surface area contributed by atoms with E-state index >= 15 is 0 Å². The van der Waals surface area contributed by atoms with Crippen molar-refractivity contribution in [3.05, 3.63) is 29.6 Å². The van der Waals surface area contributed by atoms with Gasteiger partial charge in [0.2, 0.25) is 0 Å². The van der Waals surface area contributed by atoms with E-state index in [-0.39, 0.29) is 17.2 Å². The minimum absolute atomic E-state index is 0.0675. The zero-order valence-corrected chi connectivity index (χ0v) is 13.5. The highest BCUT2D eigenvalue weighted by Crippen LogP contribution is 2.40. The van der Waals surface area contributed by atoms with Gasteiger partial charge in [-0.05, 0) is 18.9 Å². The Labute approximate surface area is 138 Å². The number of aromatic nitrogens is 2. The van der Waals surface area contributed by atoms with Gasteiger partial charge in [-0.15, -0.1) is 0 Å². The van der Waals surface area contributed by atoms with Gasteiger partial charge in [-0.25, -0.2) is 9.31 Å². The van der Waals surface area contributed by atoms with E-state index in [1.807, 2.05) is 13.8 Å². The molecule has 0 aliphatic heterocycles. The molecule has 0 bridgehead atoms. The maximum Gasteiger partial charge on any atom is 0.337 e. The molecule has 0 unspecified atom stereocenters. The standard InChI is InChI=1S/C16H20N4O4/c1-16(2)11(3-4-12(16)21)19-13-9(14(17)22)6-18-20-7-8(15(23)24)5-10(13)20/h5-7,11-12,19,21H,3-4H2,1-2H3,(H2,17,22)(H,23,24)/t11-,12-/m1/s1. The van der Waals surface area contributed by atoms with Gasteiger partial charge in [0.1, 0.15) is 0 Å². The first kappa shape index (κ1) is 16.3. The molecule has 1 aliphatic carbocycles. The smallest absolute Gasteiger partial charge is 0.337 e. The van der Waals surface area contributed by atoms with E-state index in [4.69, 9.17) is 5.73 Å². The SMILES string of the molecule is CC1(C)[C@H](O)CC[C@H]1Nc1c(C(N)=O)cnn2cc(C(=O)O)cc12. The summed E-state index contributed by atoms with van der Waals surface area (Å²) < 4.78 is 1.40. The van der Waals surface area contributed by atoms with E-state index in [1.165, 1.54) is 23.0 Å². The molecule has 5 N–H and O–H groups in total. The number of fused-ring (bicyclic) bond motifs is 1. The summed E-state index contributed by atoms with van der Waals surface area (Å²) in [5.74, 6) is -1.73. The van der Waals surface area contributed by atoms with Crippen LogP contribution < -0.4 is 11.1 Å². The van der Waals surface area contributed by atoms with Crippen LogP contribution in [0.4, 0.5) is 5.69 Å². The maximum absolute atomic E-state index is 11.8. The molecule has 128 valence electrons. The number of amides is 1. The highest BCUT2D eigenvalue weighted by Gasteiger charge is 2.42. The Morgan fingerprint density at radius 3 is 2.67 bits per heavy atom. The molecule has 0 spiro atoms. The molecule has 1 aliphatic rings. The van der Waals surface area contributed by atoms with Gasteiger partial charge in [0.25, 0.3) is 5.91 Å². The maximum atomic E-state index is 11.8. The highest BCUT2D eigenvalue weighted by molar-refractivity contribution is 6.03. The number of anilines is 1. The normalized spacial score (nSPS) is 22.6. The van der Waals surface area contributed by atoms with Crippen LogP contribution in [-0.4, -0.2) is 43.8 Å². The minimum Gasteiger partial charge on any atom is -0.478 e. The van der Waals surface area contributed by atoms with Gasteiger partial charge >= 0.3 is 5.97 Å². The number of nitrogens with zero attached hydrogens (tertiary/aromatic N) is 2. The van der Waals surface area contributed by atoms with Crippen molar-refractivity contribution < 1.29 is 19.8 Å². The van der Waals surface area contributed by atoms with E-state index in [1.54, 1.807) is 0 Å². The second-order valence-corrected chi connectivity index (χ2v) is 6.77. The molecule has 8 nitrogen and oxygen atoms in total. The lowest BCUT2D eigenvalue weighted by atomic mass is 9.85. The van der Waals surface area contributed by atoms with Crippen molar-refractivity contribution in [3.8, 4) is 0 Å². The van der Waals surface area contributed by atoms with Crippen LogP contribution in [0, 0.1) is 5.41 Å². The number of aromatic carboxylic acids is 1. The van der Waals surface area contributed by atoms with E-state index in [9.17, 15) is 19.8 Å². The first-order valence-corrected chi connectivity index (χ1v) is 7.71. The molecule has 2 aromatic rings. The third kappa shape index (κ3) is 2.48. The predicted molar refractivity (Wildman–Crippen MR) is 87.1 cm³/mol. The molecule has 0 aromatic carbocycles. The lowest BCUT2D eigenvalue weighted by Crippen LogP contribution is -2.38. The summed E-state index contributed by atoms with van der Waals surface area (Å²) >= 11 is 0. The molecule has 24 heavy (non-hydrogen) atoms. The van der Waals surface area contributed by atoms with Crippen molar-refractivity contribution in [2.75, 3.05) is 5.32 Å². The number of carboxylic acids is 1. The first-order valence-electron chi connectivity index (χ1n) is 7.71. The number of nitrogens with one attached hydrogen (secondary N) is 1. The van der Waals surface area contributed by atoms with Crippen LogP contribution in [0.5, 0.6) is 0 Å². The number of nitrogens with two attached hydrogens (primary N) is 1. The van der Waals surface area contributed by atoms with Crippen molar-refractivity contribution in [2.45, 2.75) is 38.8 Å². The summed E-state index contributed by atoms with van der Waals surface area (Å²) in [6, 6.07) is 1.36. The summed E-state index contributed by atoms with van der Waals surface area (Å²) in [5, 5.41) is 26.7. The molecular formula is C16H20N4O4. The largest absolute Gasteiger partial charge is 0.478 e. The van der Waals surface area contributed by atoms with Crippen molar-refractivity contribution >= 4 is 23.1 Å². The lowest BCUT2D eigenvalue weighted by Gasteiger charge is -2.32. The monoisotopic (exact) mass is 332 g/mol. The van der Waals surface area contributed by atoms with Crippen molar-refractivity contribution in [3.63, 3.8) is 0 Å². The van der Waals surface area contributed by atoms with Crippen molar-refractivity contribution in [2.24, 2.45) is 11.1 Å². The molecule has 0 radical (unpaired) electrons. The van der Waals surface area contributed by atoms with Crippen LogP contribution >= 0.6 is 0 Å². The predicted octanol–water partition coefficient (Wildman–Crippen LogP) is 1.09. The van der Waals surface area contributed by atoms with Crippen molar-refractivity contribution in [1.82, 2.24) is 9.61 Å². The third-order valence-corrected chi connectivity index (χ3v) is 4.95. The first-order chi connectivity index (χ1) is 11.2. The molecule has 1 saturated carbocycles. The molecule has 3 rings (SSSR count). The Hall–Kier alpha value is -2.61. The van der Waals surface area contributed by atoms with Gasteiger partial charge in [-0.1, -0.05) is 13.8 Å². The zero-order chi connectivity index (χ0) is 17.6. The van der Waals surface area contributed by atoms with E-state index < -0.39 is 23.4 Å². The molecular weight excluding hydrogens is 312 g/mol. The molecule has 2 atom stereocenters. The summed E-state index contributed by atoms with van der Waals surface area (Å²) in [7, 11) is 0. The van der Waals surface area contributed by atoms with Crippen LogP contribution in [0.15, 0.2) is 18.5 Å². The third-order valence-electron chi connectivity index (χ3n) is 4.95. The van der Waals surface area contributed by atoms with Gasteiger partial charge in [0.05, 0.1) is 34.6 Å².